The van der Waals surface area contributed by atoms with E-state index in [-0.39, 0.29) is 0 Å². The standard InChI is InChI=1S/C16H14N4.C2H6/c1-11-7-3-5-9-13(11)15-17-19-16(20-18-15)14-10-6-4-8-12(14)2;1-2/h3-10H,1-2H3;1-2H3. The maximum Gasteiger partial charge on any atom is 0.203 e. The summed E-state index contributed by atoms with van der Waals surface area (Å²) in [6.45, 7) is 8.04. The Labute approximate surface area is 131 Å². The Morgan fingerprint density at radius 2 is 0.864 bits per heavy atom. The van der Waals surface area contributed by atoms with Gasteiger partial charge in [-0.1, -0.05) is 62.4 Å². The number of aromatic nitrogens is 4. The van der Waals surface area contributed by atoms with Crippen LogP contribution in [0.25, 0.3) is 22.8 Å². The zero-order valence-electron chi connectivity index (χ0n) is 13.4. The van der Waals surface area contributed by atoms with E-state index in [0.29, 0.717) is 11.6 Å². The third-order valence-corrected chi connectivity index (χ3v) is 3.25. The van der Waals surface area contributed by atoms with Gasteiger partial charge in [-0.25, -0.2) is 0 Å². The van der Waals surface area contributed by atoms with Gasteiger partial charge in [0.05, 0.1) is 0 Å². The molecule has 1 heterocycles. The van der Waals surface area contributed by atoms with Crippen molar-refractivity contribution >= 4 is 0 Å². The molecule has 0 saturated carbocycles. The highest BCUT2D eigenvalue weighted by molar-refractivity contribution is 5.61. The second kappa shape index (κ2) is 7.41. The van der Waals surface area contributed by atoms with Gasteiger partial charge in [0, 0.05) is 11.1 Å². The molecule has 0 radical (unpaired) electrons. The SMILES string of the molecule is CC.Cc1ccccc1-c1nnc(-c2ccccc2C)nn1. The quantitative estimate of drug-likeness (QED) is 0.708. The maximum atomic E-state index is 4.20. The van der Waals surface area contributed by atoms with Crippen LogP contribution in [0, 0.1) is 13.8 Å². The smallest absolute Gasteiger partial charge is 0.126 e. The van der Waals surface area contributed by atoms with Crippen molar-refractivity contribution in [3.05, 3.63) is 59.7 Å². The molecule has 4 heteroatoms. The van der Waals surface area contributed by atoms with E-state index in [9.17, 15) is 0 Å². The molecule has 22 heavy (non-hydrogen) atoms. The van der Waals surface area contributed by atoms with Crippen LogP contribution in [-0.2, 0) is 0 Å². The zero-order valence-corrected chi connectivity index (χ0v) is 13.4. The molecule has 2 aromatic carbocycles. The largest absolute Gasteiger partial charge is 0.203 e. The minimum absolute atomic E-state index is 0.556. The summed E-state index contributed by atoms with van der Waals surface area (Å²) in [4.78, 5) is 0. The number of rotatable bonds is 2. The van der Waals surface area contributed by atoms with E-state index in [1.54, 1.807) is 0 Å². The van der Waals surface area contributed by atoms with E-state index in [4.69, 9.17) is 0 Å². The summed E-state index contributed by atoms with van der Waals surface area (Å²) >= 11 is 0. The molecule has 0 amide bonds. The number of hydrogen-bond acceptors (Lipinski definition) is 4. The molecule has 0 N–H and O–H groups in total. The highest BCUT2D eigenvalue weighted by Gasteiger charge is 2.09. The predicted molar refractivity (Wildman–Crippen MR) is 89.3 cm³/mol. The molecular weight excluding hydrogens is 272 g/mol. The summed E-state index contributed by atoms with van der Waals surface area (Å²) in [7, 11) is 0. The van der Waals surface area contributed by atoms with Crippen molar-refractivity contribution in [2.75, 3.05) is 0 Å². The minimum atomic E-state index is 0.556. The molecule has 0 aliphatic rings. The van der Waals surface area contributed by atoms with Gasteiger partial charge in [0.25, 0.3) is 0 Å². The van der Waals surface area contributed by atoms with Crippen LogP contribution in [0.3, 0.4) is 0 Å². The third-order valence-electron chi connectivity index (χ3n) is 3.25. The monoisotopic (exact) mass is 292 g/mol. The Balaban J connectivity index is 0.000000847. The third kappa shape index (κ3) is 3.34. The molecule has 0 atom stereocenters. The van der Waals surface area contributed by atoms with Crippen molar-refractivity contribution in [3.63, 3.8) is 0 Å². The first kappa shape index (κ1) is 15.8. The molecular formula is C18H20N4. The Hall–Kier alpha value is -2.62. The molecule has 0 aliphatic carbocycles. The Morgan fingerprint density at radius 3 is 1.18 bits per heavy atom. The van der Waals surface area contributed by atoms with Gasteiger partial charge < -0.3 is 0 Å². The molecule has 112 valence electrons. The first-order valence-corrected chi connectivity index (χ1v) is 7.45. The van der Waals surface area contributed by atoms with Gasteiger partial charge in [-0.2, -0.15) is 0 Å². The van der Waals surface area contributed by atoms with Crippen molar-refractivity contribution in [2.45, 2.75) is 27.7 Å². The molecule has 4 nitrogen and oxygen atoms in total. The summed E-state index contributed by atoms with van der Waals surface area (Å²) in [6, 6.07) is 15.9. The summed E-state index contributed by atoms with van der Waals surface area (Å²) in [6.07, 6.45) is 0. The van der Waals surface area contributed by atoms with Crippen molar-refractivity contribution in [1.29, 1.82) is 0 Å². The second-order valence-electron chi connectivity index (χ2n) is 4.68. The van der Waals surface area contributed by atoms with Gasteiger partial charge in [0.15, 0.2) is 0 Å². The zero-order chi connectivity index (χ0) is 15.9. The lowest BCUT2D eigenvalue weighted by Crippen LogP contribution is -2.01. The fourth-order valence-electron chi connectivity index (χ4n) is 2.09. The van der Waals surface area contributed by atoms with Gasteiger partial charge >= 0.3 is 0 Å². The summed E-state index contributed by atoms with van der Waals surface area (Å²) in [5.74, 6) is 1.11. The van der Waals surface area contributed by atoms with Crippen molar-refractivity contribution < 1.29 is 0 Å². The van der Waals surface area contributed by atoms with Gasteiger partial charge in [0.2, 0.25) is 11.6 Å². The van der Waals surface area contributed by atoms with Crippen molar-refractivity contribution in [1.82, 2.24) is 20.4 Å². The highest BCUT2D eigenvalue weighted by Crippen LogP contribution is 2.20. The molecule has 3 rings (SSSR count). The molecule has 0 fully saturated rings. The molecule has 0 bridgehead atoms. The lowest BCUT2D eigenvalue weighted by atomic mass is 10.1. The molecule has 0 spiro atoms. The summed E-state index contributed by atoms with van der Waals surface area (Å²) in [5, 5.41) is 16.8. The number of nitrogens with zero attached hydrogens (tertiary/aromatic N) is 4. The van der Waals surface area contributed by atoms with Crippen LogP contribution in [0.5, 0.6) is 0 Å². The van der Waals surface area contributed by atoms with Crippen LogP contribution in [0.15, 0.2) is 48.5 Å². The number of benzene rings is 2. The van der Waals surface area contributed by atoms with Crippen LogP contribution in [0.2, 0.25) is 0 Å². The molecule has 0 aliphatic heterocycles. The summed E-state index contributed by atoms with van der Waals surface area (Å²) < 4.78 is 0. The lowest BCUT2D eigenvalue weighted by molar-refractivity contribution is 0.874. The molecule has 3 aromatic rings. The molecule has 0 unspecified atom stereocenters. The number of hydrogen-bond donors (Lipinski definition) is 0. The van der Waals surface area contributed by atoms with E-state index in [0.717, 1.165) is 22.3 Å². The van der Waals surface area contributed by atoms with Crippen molar-refractivity contribution in [2.24, 2.45) is 0 Å². The van der Waals surface area contributed by atoms with Crippen molar-refractivity contribution in [3.8, 4) is 22.8 Å². The fraction of sp³-hybridized carbons (Fsp3) is 0.222. The van der Waals surface area contributed by atoms with E-state index < -0.39 is 0 Å². The lowest BCUT2D eigenvalue weighted by Gasteiger charge is -2.04. The Bertz CT molecular complexity index is 672. The summed E-state index contributed by atoms with van der Waals surface area (Å²) in [5.41, 5.74) is 4.15. The van der Waals surface area contributed by atoms with Gasteiger partial charge in [0.1, 0.15) is 0 Å². The van der Waals surface area contributed by atoms with E-state index in [1.807, 2.05) is 76.2 Å². The van der Waals surface area contributed by atoms with E-state index >= 15 is 0 Å². The normalized spacial score (nSPS) is 9.82. The number of aryl methyl sites for hydroxylation is 2. The average molecular weight is 292 g/mol. The molecule has 0 saturated heterocycles. The van der Waals surface area contributed by atoms with Crippen LogP contribution >= 0.6 is 0 Å². The Kier molecular flexibility index (Phi) is 5.31. The van der Waals surface area contributed by atoms with Crippen LogP contribution in [0.4, 0.5) is 0 Å². The van der Waals surface area contributed by atoms with Crippen LogP contribution in [0.1, 0.15) is 25.0 Å². The molecule has 1 aromatic heterocycles. The average Bonchev–Trinajstić information content (AvgIpc) is 2.58. The highest BCUT2D eigenvalue weighted by atomic mass is 15.3. The Morgan fingerprint density at radius 1 is 0.545 bits per heavy atom. The van der Waals surface area contributed by atoms with Gasteiger partial charge in [-0.15, -0.1) is 20.4 Å². The maximum absolute atomic E-state index is 4.20. The minimum Gasteiger partial charge on any atom is -0.126 e. The van der Waals surface area contributed by atoms with Crippen LogP contribution < -0.4 is 0 Å². The first-order valence-electron chi connectivity index (χ1n) is 7.45. The second-order valence-corrected chi connectivity index (χ2v) is 4.68. The van der Waals surface area contributed by atoms with E-state index in [2.05, 4.69) is 20.4 Å². The topological polar surface area (TPSA) is 51.6 Å². The fourth-order valence-corrected chi connectivity index (χ4v) is 2.09. The first-order chi connectivity index (χ1) is 10.8. The van der Waals surface area contributed by atoms with E-state index in [1.165, 1.54) is 0 Å². The predicted octanol–water partition coefficient (Wildman–Crippen LogP) is 4.24. The van der Waals surface area contributed by atoms with Gasteiger partial charge in [-0.05, 0) is 25.0 Å². The van der Waals surface area contributed by atoms with Crippen LogP contribution in [-0.4, -0.2) is 20.4 Å². The van der Waals surface area contributed by atoms with Gasteiger partial charge in [-0.3, -0.25) is 0 Å².